The molecule has 2 aromatic carbocycles. The van der Waals surface area contributed by atoms with Gasteiger partial charge in [-0.2, -0.15) is 13.2 Å². The highest BCUT2D eigenvalue weighted by Crippen LogP contribution is 2.42. The first-order valence-electron chi connectivity index (χ1n) is 7.67. The number of alkyl halides is 3. The summed E-state index contributed by atoms with van der Waals surface area (Å²) in [6.07, 6.45) is -6.51. The third-order valence-corrected chi connectivity index (χ3v) is 4.16. The Kier molecular flexibility index (Phi) is 4.56. The van der Waals surface area contributed by atoms with E-state index < -0.39 is 41.1 Å². The molecule has 0 aliphatic carbocycles. The van der Waals surface area contributed by atoms with Gasteiger partial charge in [0, 0.05) is 5.56 Å². The molecular weight excluding hydrogens is 370 g/mol. The van der Waals surface area contributed by atoms with E-state index in [0.717, 1.165) is 23.1 Å². The van der Waals surface area contributed by atoms with Gasteiger partial charge in [-0.25, -0.2) is 4.39 Å². The molecule has 0 aromatic heterocycles. The summed E-state index contributed by atoms with van der Waals surface area (Å²) in [5.74, 6) is -3.15. The van der Waals surface area contributed by atoms with E-state index in [1.54, 1.807) is 0 Å². The van der Waals surface area contributed by atoms with Crippen LogP contribution in [0, 0.1) is 5.82 Å². The number of nitrogens with zero attached hydrogens (tertiary/aromatic N) is 1. The van der Waals surface area contributed by atoms with E-state index in [2.05, 4.69) is 0 Å². The lowest BCUT2D eigenvalue weighted by Gasteiger charge is -2.34. The summed E-state index contributed by atoms with van der Waals surface area (Å²) in [5, 5.41) is 28.9. The van der Waals surface area contributed by atoms with Gasteiger partial charge in [0.25, 0.3) is 11.9 Å². The third-order valence-electron chi connectivity index (χ3n) is 4.16. The molecule has 1 heterocycles. The standard InChI is InChI=1S/C18H13F4NO4/c19-11-3-1-2-9(6-11)8-23-13-7-10(18(20,21)22)4-5-12(13)15(24)14(16(23)25)17(26)27/h1-7,15,24,26-27H,8H2. The lowest BCUT2D eigenvalue weighted by molar-refractivity contribution is -0.137. The molecule has 0 saturated heterocycles. The molecule has 1 amide bonds. The van der Waals surface area contributed by atoms with Crippen molar-refractivity contribution in [2.45, 2.75) is 18.8 Å². The molecule has 3 N–H and O–H groups in total. The number of hydrogen-bond acceptors (Lipinski definition) is 4. The Balaban J connectivity index is 2.17. The maximum absolute atomic E-state index is 13.4. The van der Waals surface area contributed by atoms with Crippen LogP contribution in [0.2, 0.25) is 0 Å². The first-order valence-corrected chi connectivity index (χ1v) is 7.67. The normalized spacial score (nSPS) is 17.1. The molecule has 5 nitrogen and oxygen atoms in total. The van der Waals surface area contributed by atoms with Gasteiger partial charge < -0.3 is 20.2 Å². The highest BCUT2D eigenvalue weighted by molar-refractivity contribution is 6.09. The molecular formula is C18H13F4NO4. The first kappa shape index (κ1) is 18.7. The van der Waals surface area contributed by atoms with E-state index in [1.165, 1.54) is 12.1 Å². The number of halogens is 4. The molecule has 0 saturated carbocycles. The number of carbonyl (C=O) groups excluding carboxylic acids is 1. The second-order valence-corrected chi connectivity index (χ2v) is 5.93. The highest BCUT2D eigenvalue weighted by atomic mass is 19.4. The van der Waals surface area contributed by atoms with Gasteiger partial charge in [0.15, 0.2) is 0 Å². The van der Waals surface area contributed by atoms with Crippen molar-refractivity contribution >= 4 is 11.6 Å². The molecule has 1 aliphatic heterocycles. The summed E-state index contributed by atoms with van der Waals surface area (Å²) in [6.45, 7) is -0.339. The van der Waals surface area contributed by atoms with Crippen LogP contribution < -0.4 is 4.90 Å². The summed E-state index contributed by atoms with van der Waals surface area (Å²) < 4.78 is 52.6. The molecule has 9 heteroatoms. The molecule has 1 unspecified atom stereocenters. The van der Waals surface area contributed by atoms with Crippen molar-refractivity contribution in [3.8, 4) is 0 Å². The van der Waals surface area contributed by atoms with Gasteiger partial charge in [0.05, 0.1) is 17.8 Å². The van der Waals surface area contributed by atoms with Gasteiger partial charge in [0.2, 0.25) is 0 Å². The van der Waals surface area contributed by atoms with Crippen LogP contribution in [-0.2, 0) is 17.5 Å². The predicted molar refractivity (Wildman–Crippen MR) is 86.3 cm³/mol. The molecule has 142 valence electrons. The van der Waals surface area contributed by atoms with Crippen LogP contribution in [0.3, 0.4) is 0 Å². The Morgan fingerprint density at radius 1 is 1.11 bits per heavy atom. The number of carbonyl (C=O) groups is 1. The first-order chi connectivity index (χ1) is 12.6. The molecule has 1 atom stereocenters. The topological polar surface area (TPSA) is 81.0 Å². The van der Waals surface area contributed by atoms with Crippen molar-refractivity contribution in [1.29, 1.82) is 0 Å². The van der Waals surface area contributed by atoms with Crippen molar-refractivity contribution in [3.05, 3.63) is 76.5 Å². The largest absolute Gasteiger partial charge is 0.481 e. The minimum Gasteiger partial charge on any atom is -0.481 e. The van der Waals surface area contributed by atoms with Gasteiger partial charge in [-0.3, -0.25) is 4.79 Å². The average molecular weight is 383 g/mol. The number of aliphatic hydroxyl groups excluding tert-OH is 2. The zero-order valence-electron chi connectivity index (χ0n) is 13.5. The molecule has 27 heavy (non-hydrogen) atoms. The number of amides is 1. The Hall–Kier alpha value is -3.07. The van der Waals surface area contributed by atoms with Crippen LogP contribution in [0.15, 0.2) is 54.0 Å². The molecule has 2 aromatic rings. The fourth-order valence-corrected chi connectivity index (χ4v) is 2.91. The Labute approximate surface area is 150 Å². The number of hydrogen-bond donors (Lipinski definition) is 3. The van der Waals surface area contributed by atoms with Gasteiger partial charge in [-0.05, 0) is 29.8 Å². The molecule has 3 rings (SSSR count). The Bertz CT molecular complexity index is 935. The number of benzene rings is 2. The van der Waals surface area contributed by atoms with Gasteiger partial charge in [0.1, 0.15) is 17.5 Å². The van der Waals surface area contributed by atoms with Crippen molar-refractivity contribution in [1.82, 2.24) is 0 Å². The lowest BCUT2D eigenvalue weighted by Crippen LogP contribution is -2.39. The van der Waals surface area contributed by atoms with E-state index in [9.17, 15) is 37.7 Å². The fraction of sp³-hybridized carbons (Fsp3) is 0.167. The molecule has 0 spiro atoms. The summed E-state index contributed by atoms with van der Waals surface area (Å²) in [5.41, 5.74) is -1.93. The van der Waals surface area contributed by atoms with Crippen LogP contribution in [-0.4, -0.2) is 21.2 Å². The van der Waals surface area contributed by atoms with Crippen LogP contribution in [0.25, 0.3) is 0 Å². The molecule has 0 fully saturated rings. The summed E-state index contributed by atoms with van der Waals surface area (Å²) in [4.78, 5) is 13.4. The zero-order chi connectivity index (χ0) is 19.9. The van der Waals surface area contributed by atoms with Crippen molar-refractivity contribution in [2.24, 2.45) is 0 Å². The molecule has 0 radical (unpaired) electrons. The van der Waals surface area contributed by atoms with E-state index >= 15 is 0 Å². The van der Waals surface area contributed by atoms with E-state index in [-0.39, 0.29) is 23.4 Å². The fourth-order valence-electron chi connectivity index (χ4n) is 2.91. The average Bonchev–Trinajstić information content (AvgIpc) is 2.57. The van der Waals surface area contributed by atoms with Crippen molar-refractivity contribution < 1.29 is 37.7 Å². The van der Waals surface area contributed by atoms with E-state index in [4.69, 9.17) is 0 Å². The minimum absolute atomic E-state index is 0.116. The van der Waals surface area contributed by atoms with Crippen LogP contribution in [0.4, 0.5) is 23.2 Å². The minimum atomic E-state index is -4.69. The van der Waals surface area contributed by atoms with Gasteiger partial charge in [-0.15, -0.1) is 0 Å². The molecule has 0 bridgehead atoms. The van der Waals surface area contributed by atoms with E-state index in [0.29, 0.717) is 12.1 Å². The van der Waals surface area contributed by atoms with Gasteiger partial charge in [-0.1, -0.05) is 18.2 Å². The SMILES string of the molecule is O=C1C(=C(O)O)C(O)c2ccc(C(F)(F)F)cc2N1Cc1cccc(F)c1. The predicted octanol–water partition coefficient (Wildman–Crippen LogP) is 3.75. The zero-order valence-corrected chi connectivity index (χ0v) is 13.5. The third kappa shape index (κ3) is 3.45. The monoisotopic (exact) mass is 383 g/mol. The maximum atomic E-state index is 13.4. The smallest absolute Gasteiger partial charge is 0.416 e. The summed E-state index contributed by atoms with van der Waals surface area (Å²) in [7, 11) is 0. The van der Waals surface area contributed by atoms with Gasteiger partial charge >= 0.3 is 6.18 Å². The second kappa shape index (κ2) is 6.58. The summed E-state index contributed by atoms with van der Waals surface area (Å²) in [6, 6.07) is 7.42. The number of aliphatic hydroxyl groups is 3. The number of fused-ring (bicyclic) bond motifs is 1. The lowest BCUT2D eigenvalue weighted by atomic mass is 9.92. The maximum Gasteiger partial charge on any atom is 0.416 e. The number of rotatable bonds is 2. The van der Waals surface area contributed by atoms with Crippen molar-refractivity contribution in [2.75, 3.05) is 4.90 Å². The molecule has 1 aliphatic rings. The Morgan fingerprint density at radius 2 is 1.81 bits per heavy atom. The van der Waals surface area contributed by atoms with Crippen LogP contribution in [0.1, 0.15) is 22.8 Å². The Morgan fingerprint density at radius 3 is 2.41 bits per heavy atom. The quantitative estimate of drug-likeness (QED) is 0.419. The highest BCUT2D eigenvalue weighted by Gasteiger charge is 2.40. The van der Waals surface area contributed by atoms with Crippen LogP contribution >= 0.6 is 0 Å². The summed E-state index contributed by atoms with van der Waals surface area (Å²) >= 11 is 0. The second-order valence-electron chi connectivity index (χ2n) is 5.93. The van der Waals surface area contributed by atoms with E-state index in [1.807, 2.05) is 0 Å². The number of anilines is 1. The van der Waals surface area contributed by atoms with Crippen LogP contribution in [0.5, 0.6) is 0 Å². The van der Waals surface area contributed by atoms with Crippen molar-refractivity contribution in [3.63, 3.8) is 0 Å².